The summed E-state index contributed by atoms with van der Waals surface area (Å²) < 4.78 is 54.0. The number of aromatic nitrogens is 2. The number of rotatable bonds is 5. The van der Waals surface area contributed by atoms with Gasteiger partial charge in [0.15, 0.2) is 0 Å². The highest BCUT2D eigenvalue weighted by Crippen LogP contribution is 2.36. The van der Waals surface area contributed by atoms with Gasteiger partial charge in [-0.25, -0.2) is 13.8 Å². The van der Waals surface area contributed by atoms with Gasteiger partial charge in [0.2, 0.25) is 0 Å². The Morgan fingerprint density at radius 2 is 1.89 bits per heavy atom. The number of nitrogens with zero attached hydrogens (tertiary/aromatic N) is 2. The Labute approximate surface area is 167 Å². The van der Waals surface area contributed by atoms with Crippen molar-refractivity contribution in [1.82, 2.24) is 9.13 Å². The van der Waals surface area contributed by atoms with E-state index in [9.17, 15) is 27.2 Å². The maximum Gasteiger partial charge on any atom is 0.431 e. The average molecular weight is 437 g/mol. The molecule has 0 fully saturated rings. The number of alkyl halides is 3. The summed E-state index contributed by atoms with van der Waals surface area (Å²) in [6, 6.07) is 2.36. The molecule has 10 heteroatoms. The molecule has 0 saturated heterocycles. The first-order valence-electron chi connectivity index (χ1n) is 8.10. The molecule has 0 aliphatic rings. The van der Waals surface area contributed by atoms with Crippen LogP contribution in [0.3, 0.4) is 0 Å². The number of thioether (sulfide) groups is 1. The van der Waals surface area contributed by atoms with E-state index < -0.39 is 34.6 Å². The molecule has 28 heavy (non-hydrogen) atoms. The van der Waals surface area contributed by atoms with Crippen LogP contribution in [-0.2, 0) is 13.2 Å². The van der Waals surface area contributed by atoms with Crippen molar-refractivity contribution in [3.05, 3.63) is 67.7 Å². The normalized spacial score (nSPS) is 12.9. The number of halogens is 5. The zero-order chi connectivity index (χ0) is 21.4. The van der Waals surface area contributed by atoms with Crippen molar-refractivity contribution in [1.29, 1.82) is 0 Å². The van der Waals surface area contributed by atoms with Gasteiger partial charge >= 0.3 is 11.9 Å². The smallest absolute Gasteiger partial charge is 0.292 e. The summed E-state index contributed by atoms with van der Waals surface area (Å²) in [6.45, 7) is 7.60. The van der Waals surface area contributed by atoms with Crippen molar-refractivity contribution < 1.29 is 17.6 Å². The molecule has 1 aromatic carbocycles. The van der Waals surface area contributed by atoms with Crippen LogP contribution in [0.1, 0.15) is 26.0 Å². The first-order chi connectivity index (χ1) is 12.9. The van der Waals surface area contributed by atoms with Crippen LogP contribution in [0, 0.1) is 5.82 Å². The first-order valence-corrected chi connectivity index (χ1v) is 9.36. The van der Waals surface area contributed by atoms with Gasteiger partial charge < -0.3 is 0 Å². The number of hydrogen-bond acceptors (Lipinski definition) is 3. The summed E-state index contributed by atoms with van der Waals surface area (Å²) in [6.07, 6.45) is -4.20. The molecule has 0 bridgehead atoms. The molecule has 0 aliphatic carbocycles. The van der Waals surface area contributed by atoms with Crippen LogP contribution in [0.4, 0.5) is 17.6 Å². The van der Waals surface area contributed by atoms with Crippen molar-refractivity contribution in [2.45, 2.75) is 36.6 Å². The monoisotopic (exact) mass is 436 g/mol. The quantitative estimate of drug-likeness (QED) is 0.384. The molecule has 0 amide bonds. The first kappa shape index (κ1) is 22.3. The molecular weight excluding hydrogens is 420 g/mol. The molecule has 152 valence electrons. The molecule has 0 N–H and O–H groups in total. The zero-order valence-electron chi connectivity index (χ0n) is 15.2. The van der Waals surface area contributed by atoms with Gasteiger partial charge in [0, 0.05) is 23.3 Å². The summed E-state index contributed by atoms with van der Waals surface area (Å²) in [5.74, 6) is -1.00. The summed E-state index contributed by atoms with van der Waals surface area (Å²) in [4.78, 5) is 25.0. The van der Waals surface area contributed by atoms with E-state index in [-0.39, 0.29) is 20.9 Å². The van der Waals surface area contributed by atoms with Crippen LogP contribution in [0.2, 0.25) is 5.02 Å². The van der Waals surface area contributed by atoms with Crippen LogP contribution >= 0.6 is 23.4 Å². The van der Waals surface area contributed by atoms with Crippen molar-refractivity contribution >= 4 is 23.4 Å². The highest BCUT2D eigenvalue weighted by Gasteiger charge is 2.35. The Morgan fingerprint density at radius 1 is 1.29 bits per heavy atom. The summed E-state index contributed by atoms with van der Waals surface area (Å²) in [5.41, 5.74) is -3.65. The molecule has 1 unspecified atom stereocenters. The Balaban J connectivity index is 2.71. The van der Waals surface area contributed by atoms with Crippen LogP contribution in [0.25, 0.3) is 5.69 Å². The molecule has 2 aromatic rings. The highest BCUT2D eigenvalue weighted by atomic mass is 35.5. The second-order valence-electron chi connectivity index (χ2n) is 6.14. The zero-order valence-corrected chi connectivity index (χ0v) is 16.8. The number of hydrogen-bond donors (Lipinski definition) is 0. The second kappa shape index (κ2) is 8.16. The fourth-order valence-electron chi connectivity index (χ4n) is 2.59. The molecule has 1 heterocycles. The fraction of sp³-hybridized carbons (Fsp3) is 0.333. The lowest BCUT2D eigenvalue weighted by Gasteiger charge is -2.18. The Kier molecular flexibility index (Phi) is 6.50. The van der Waals surface area contributed by atoms with Crippen LogP contribution in [0.15, 0.2) is 44.8 Å². The molecule has 0 aliphatic heterocycles. The third-order valence-corrected chi connectivity index (χ3v) is 6.08. The van der Waals surface area contributed by atoms with Crippen LogP contribution < -0.4 is 11.2 Å². The molecule has 0 radical (unpaired) electrons. The minimum absolute atomic E-state index is 0.0528. The third-order valence-electron chi connectivity index (χ3n) is 4.04. The lowest BCUT2D eigenvalue weighted by Crippen LogP contribution is -2.41. The van der Waals surface area contributed by atoms with Crippen molar-refractivity contribution in [2.24, 2.45) is 7.05 Å². The van der Waals surface area contributed by atoms with Gasteiger partial charge in [0.25, 0.3) is 5.56 Å². The predicted octanol–water partition coefficient (Wildman–Crippen LogP) is 4.79. The summed E-state index contributed by atoms with van der Waals surface area (Å²) >= 11 is 7.34. The third kappa shape index (κ3) is 4.35. The van der Waals surface area contributed by atoms with E-state index in [4.69, 9.17) is 11.6 Å². The van der Waals surface area contributed by atoms with E-state index in [1.807, 2.05) is 13.8 Å². The lowest BCUT2D eigenvalue weighted by atomic mass is 10.2. The summed E-state index contributed by atoms with van der Waals surface area (Å²) in [5, 5.41) is 0.00528. The average Bonchev–Trinajstić information content (AvgIpc) is 2.57. The maximum absolute atomic E-state index is 14.5. The molecule has 4 nitrogen and oxygen atoms in total. The number of benzene rings is 1. The Bertz CT molecular complexity index is 1040. The second-order valence-corrected chi connectivity index (χ2v) is 7.79. The SMILES string of the molecule is C=C(C)C(CC)Sc1cc(-n2c(=O)cc(C(F)(F)F)n(C)c2=O)c(F)cc1Cl. The Hall–Kier alpha value is -2.00. The van der Waals surface area contributed by atoms with Gasteiger partial charge in [-0.3, -0.25) is 9.36 Å². The fourth-order valence-corrected chi connectivity index (χ4v) is 3.89. The topological polar surface area (TPSA) is 44.0 Å². The van der Waals surface area contributed by atoms with Crippen molar-refractivity contribution in [3.8, 4) is 5.69 Å². The standard InChI is InChI=1S/C18H17ClF4N2O2S/c1-5-13(9(2)3)28-14-7-12(11(20)6-10(14)19)25-16(26)8-15(18(21,22)23)24(4)17(25)27/h6-8,13H,2,5H2,1,3-4H3. The van der Waals surface area contributed by atoms with Gasteiger partial charge in [-0.05, 0) is 25.5 Å². The van der Waals surface area contributed by atoms with Gasteiger partial charge in [0.05, 0.1) is 10.7 Å². The van der Waals surface area contributed by atoms with Gasteiger partial charge in [-0.1, -0.05) is 30.7 Å². The molecule has 1 atom stereocenters. The van der Waals surface area contributed by atoms with E-state index in [1.165, 1.54) is 17.8 Å². The largest absolute Gasteiger partial charge is 0.431 e. The maximum atomic E-state index is 14.5. The molecule has 1 aromatic heterocycles. The summed E-state index contributed by atoms with van der Waals surface area (Å²) in [7, 11) is 0.860. The lowest BCUT2D eigenvalue weighted by molar-refractivity contribution is -0.144. The minimum atomic E-state index is -4.90. The van der Waals surface area contributed by atoms with E-state index in [0.29, 0.717) is 15.9 Å². The van der Waals surface area contributed by atoms with Crippen LogP contribution in [0.5, 0.6) is 0 Å². The molecular formula is C18H17ClF4N2O2S. The highest BCUT2D eigenvalue weighted by molar-refractivity contribution is 8.00. The molecule has 0 saturated carbocycles. The van der Waals surface area contributed by atoms with Gasteiger partial charge in [-0.15, -0.1) is 11.8 Å². The van der Waals surface area contributed by atoms with E-state index in [1.54, 1.807) is 0 Å². The van der Waals surface area contributed by atoms with E-state index >= 15 is 0 Å². The Morgan fingerprint density at radius 3 is 2.39 bits per heavy atom. The van der Waals surface area contributed by atoms with Gasteiger partial charge in [0.1, 0.15) is 11.5 Å². The molecule has 2 rings (SSSR count). The predicted molar refractivity (Wildman–Crippen MR) is 102 cm³/mol. The van der Waals surface area contributed by atoms with Gasteiger partial charge in [-0.2, -0.15) is 13.2 Å². The van der Waals surface area contributed by atoms with E-state index in [2.05, 4.69) is 6.58 Å². The van der Waals surface area contributed by atoms with E-state index in [0.717, 1.165) is 18.7 Å². The van der Waals surface area contributed by atoms with Crippen molar-refractivity contribution in [3.63, 3.8) is 0 Å². The minimum Gasteiger partial charge on any atom is -0.292 e. The van der Waals surface area contributed by atoms with Crippen LogP contribution in [-0.4, -0.2) is 14.4 Å². The van der Waals surface area contributed by atoms with Crippen molar-refractivity contribution in [2.75, 3.05) is 0 Å². The molecule has 0 spiro atoms.